The highest BCUT2D eigenvalue weighted by Gasteiger charge is 2.04. The van der Waals surface area contributed by atoms with Crippen LogP contribution in [0.4, 0.5) is 0 Å². The maximum absolute atomic E-state index is 11.9. The molecule has 0 spiro atoms. The predicted octanol–water partition coefficient (Wildman–Crippen LogP) is 4.23. The van der Waals surface area contributed by atoms with E-state index in [1.807, 2.05) is 18.2 Å². The molecule has 4 heteroatoms. The lowest BCUT2D eigenvalue weighted by Gasteiger charge is -2.09. The van der Waals surface area contributed by atoms with Gasteiger partial charge < -0.3 is 10.1 Å². The number of hydrogen-bond donors (Lipinski definition) is 1. The first-order valence-electron chi connectivity index (χ1n) is 8.27. The van der Waals surface area contributed by atoms with Crippen LogP contribution >= 0.6 is 11.8 Å². The molecule has 2 aromatic rings. The molecule has 0 aromatic heterocycles. The summed E-state index contributed by atoms with van der Waals surface area (Å²) in [7, 11) is 1.69. The second-order valence-corrected chi connectivity index (χ2v) is 6.85. The molecule has 0 heterocycles. The number of hydrogen-bond acceptors (Lipinski definition) is 3. The van der Waals surface area contributed by atoms with E-state index < -0.39 is 0 Å². The van der Waals surface area contributed by atoms with Crippen LogP contribution in [-0.4, -0.2) is 25.3 Å². The number of amides is 1. The van der Waals surface area contributed by atoms with E-state index in [2.05, 4.69) is 42.6 Å². The Morgan fingerprint density at radius 1 is 1.12 bits per heavy atom. The summed E-state index contributed by atoms with van der Waals surface area (Å²) in [6.07, 6.45) is 2.37. The molecule has 0 unspecified atom stereocenters. The molecule has 0 bridgehead atoms. The lowest BCUT2D eigenvalue weighted by atomic mass is 10.1. The molecule has 1 amide bonds. The average molecular weight is 343 g/mol. The van der Waals surface area contributed by atoms with Crippen LogP contribution in [0.25, 0.3) is 0 Å². The van der Waals surface area contributed by atoms with Gasteiger partial charge in [0.1, 0.15) is 5.75 Å². The van der Waals surface area contributed by atoms with Crippen LogP contribution in [0, 0.1) is 6.92 Å². The fourth-order valence-corrected chi connectivity index (χ4v) is 3.25. The summed E-state index contributed by atoms with van der Waals surface area (Å²) in [5, 5.41) is 2.99. The van der Waals surface area contributed by atoms with Crippen LogP contribution in [0.1, 0.15) is 24.0 Å². The van der Waals surface area contributed by atoms with Crippen LogP contribution in [0.5, 0.6) is 5.75 Å². The van der Waals surface area contributed by atoms with E-state index in [0.29, 0.717) is 13.0 Å². The molecule has 3 nitrogen and oxygen atoms in total. The van der Waals surface area contributed by atoms with Crippen molar-refractivity contribution in [2.45, 2.75) is 31.1 Å². The average Bonchev–Trinajstić information content (AvgIpc) is 2.61. The number of methoxy groups -OCH3 is 1. The third-order valence-corrected chi connectivity index (χ3v) is 4.77. The lowest BCUT2D eigenvalue weighted by molar-refractivity contribution is -0.120. The summed E-state index contributed by atoms with van der Waals surface area (Å²) in [5.74, 6) is 1.84. The van der Waals surface area contributed by atoms with Crippen molar-refractivity contribution in [3.8, 4) is 5.75 Å². The molecule has 0 aliphatic rings. The van der Waals surface area contributed by atoms with E-state index in [1.54, 1.807) is 18.9 Å². The van der Waals surface area contributed by atoms with Crippen LogP contribution in [0.2, 0.25) is 0 Å². The van der Waals surface area contributed by atoms with E-state index >= 15 is 0 Å². The van der Waals surface area contributed by atoms with Crippen molar-refractivity contribution < 1.29 is 9.53 Å². The standard InChI is InChI=1S/C20H25NO2S/c1-16-9-11-18(12-10-16)24-15-13-20(22)21-14-5-7-17-6-3-4-8-19(17)23-2/h3-4,6,8-12H,5,7,13-15H2,1-2H3,(H,21,22). The minimum Gasteiger partial charge on any atom is -0.496 e. The van der Waals surface area contributed by atoms with Gasteiger partial charge in [-0.3, -0.25) is 4.79 Å². The number of aryl methyl sites for hydroxylation is 2. The minimum atomic E-state index is 0.120. The van der Waals surface area contributed by atoms with Gasteiger partial charge in [0.05, 0.1) is 7.11 Å². The number of nitrogens with one attached hydrogen (secondary N) is 1. The molecular weight excluding hydrogens is 318 g/mol. The highest BCUT2D eigenvalue weighted by atomic mass is 32.2. The monoisotopic (exact) mass is 343 g/mol. The van der Waals surface area contributed by atoms with Gasteiger partial charge in [-0.2, -0.15) is 0 Å². The zero-order chi connectivity index (χ0) is 17.2. The minimum absolute atomic E-state index is 0.120. The van der Waals surface area contributed by atoms with Gasteiger partial charge in [0.25, 0.3) is 0 Å². The number of carbonyl (C=O) groups excluding carboxylic acids is 1. The summed E-state index contributed by atoms with van der Waals surface area (Å²) >= 11 is 1.72. The van der Waals surface area contributed by atoms with Gasteiger partial charge in [0.15, 0.2) is 0 Å². The maximum atomic E-state index is 11.9. The molecule has 1 N–H and O–H groups in total. The van der Waals surface area contributed by atoms with Gasteiger partial charge in [-0.15, -0.1) is 11.8 Å². The van der Waals surface area contributed by atoms with Crippen molar-refractivity contribution >= 4 is 17.7 Å². The summed E-state index contributed by atoms with van der Waals surface area (Å²) in [6, 6.07) is 16.4. The van der Waals surface area contributed by atoms with E-state index in [4.69, 9.17) is 4.74 Å². The van der Waals surface area contributed by atoms with Crippen molar-refractivity contribution in [3.05, 3.63) is 59.7 Å². The second kappa shape index (κ2) is 10.0. The zero-order valence-corrected chi connectivity index (χ0v) is 15.2. The third-order valence-electron chi connectivity index (χ3n) is 3.76. The van der Waals surface area contributed by atoms with Crippen molar-refractivity contribution in [2.75, 3.05) is 19.4 Å². The Labute approximate surface area is 148 Å². The van der Waals surface area contributed by atoms with Crippen molar-refractivity contribution in [1.82, 2.24) is 5.32 Å². The Hall–Kier alpha value is -1.94. The van der Waals surface area contributed by atoms with Gasteiger partial charge >= 0.3 is 0 Å². The predicted molar refractivity (Wildman–Crippen MR) is 101 cm³/mol. The third kappa shape index (κ3) is 6.28. The molecule has 2 rings (SSSR count). The molecule has 0 saturated heterocycles. The Bertz CT molecular complexity index is 640. The first-order chi connectivity index (χ1) is 11.7. The second-order valence-electron chi connectivity index (χ2n) is 5.68. The lowest BCUT2D eigenvalue weighted by Crippen LogP contribution is -2.25. The molecule has 0 atom stereocenters. The smallest absolute Gasteiger partial charge is 0.220 e. The van der Waals surface area contributed by atoms with Crippen LogP contribution in [0.15, 0.2) is 53.4 Å². The van der Waals surface area contributed by atoms with Crippen molar-refractivity contribution in [2.24, 2.45) is 0 Å². The van der Waals surface area contributed by atoms with Gasteiger partial charge in [0.2, 0.25) is 5.91 Å². The number of thioether (sulfide) groups is 1. The van der Waals surface area contributed by atoms with Crippen LogP contribution in [0.3, 0.4) is 0 Å². The van der Waals surface area contributed by atoms with E-state index in [1.165, 1.54) is 16.0 Å². The van der Waals surface area contributed by atoms with Gasteiger partial charge in [-0.1, -0.05) is 35.9 Å². The van der Waals surface area contributed by atoms with Gasteiger partial charge in [-0.05, 0) is 43.5 Å². The maximum Gasteiger partial charge on any atom is 0.220 e. The number of para-hydroxylation sites is 1. The fraction of sp³-hybridized carbons (Fsp3) is 0.350. The Morgan fingerprint density at radius 3 is 2.62 bits per heavy atom. The number of ether oxygens (including phenoxy) is 1. The summed E-state index contributed by atoms with van der Waals surface area (Å²) in [6.45, 7) is 2.78. The first kappa shape index (κ1) is 18.4. The molecule has 128 valence electrons. The van der Waals surface area contributed by atoms with Gasteiger partial charge in [0, 0.05) is 23.6 Å². The molecule has 0 fully saturated rings. The fourth-order valence-electron chi connectivity index (χ4n) is 2.40. The zero-order valence-electron chi connectivity index (χ0n) is 14.4. The molecule has 24 heavy (non-hydrogen) atoms. The quantitative estimate of drug-likeness (QED) is 0.547. The number of carbonyl (C=O) groups is 1. The summed E-state index contributed by atoms with van der Waals surface area (Å²) in [5.41, 5.74) is 2.44. The van der Waals surface area contributed by atoms with Crippen LogP contribution < -0.4 is 10.1 Å². The van der Waals surface area contributed by atoms with Crippen molar-refractivity contribution in [3.63, 3.8) is 0 Å². The summed E-state index contributed by atoms with van der Waals surface area (Å²) in [4.78, 5) is 13.1. The normalized spacial score (nSPS) is 10.4. The van der Waals surface area contributed by atoms with Gasteiger partial charge in [-0.25, -0.2) is 0 Å². The highest BCUT2D eigenvalue weighted by Crippen LogP contribution is 2.19. The Morgan fingerprint density at radius 2 is 1.88 bits per heavy atom. The Kier molecular flexibility index (Phi) is 7.69. The highest BCUT2D eigenvalue weighted by molar-refractivity contribution is 7.99. The molecule has 0 aliphatic carbocycles. The summed E-state index contributed by atoms with van der Waals surface area (Å²) < 4.78 is 5.34. The number of rotatable bonds is 9. The molecule has 0 aliphatic heterocycles. The van der Waals surface area contributed by atoms with E-state index in [-0.39, 0.29) is 5.91 Å². The van der Waals surface area contributed by atoms with E-state index in [9.17, 15) is 4.79 Å². The molecule has 2 aromatic carbocycles. The SMILES string of the molecule is COc1ccccc1CCCNC(=O)CCSc1ccc(C)cc1. The topological polar surface area (TPSA) is 38.3 Å². The van der Waals surface area contributed by atoms with Crippen LogP contribution in [-0.2, 0) is 11.2 Å². The molecular formula is C20H25NO2S. The largest absolute Gasteiger partial charge is 0.496 e. The molecule has 0 saturated carbocycles. The van der Waals surface area contributed by atoms with Crippen molar-refractivity contribution in [1.29, 1.82) is 0 Å². The molecule has 0 radical (unpaired) electrons. The Balaban J connectivity index is 1.60. The number of benzene rings is 2. The van der Waals surface area contributed by atoms with E-state index in [0.717, 1.165) is 24.3 Å². The first-order valence-corrected chi connectivity index (χ1v) is 9.25.